The molecule has 0 spiro atoms. The second-order valence-electron chi connectivity index (χ2n) is 5.01. The number of thioether (sulfide) groups is 1. The molecule has 0 saturated carbocycles. The Bertz CT molecular complexity index is 463. The number of aliphatic hydroxyl groups excluding tert-OH is 1. The van der Waals surface area contributed by atoms with Crippen LogP contribution >= 0.6 is 11.8 Å². The summed E-state index contributed by atoms with van der Waals surface area (Å²) in [5.41, 5.74) is 1.81. The van der Waals surface area contributed by atoms with Gasteiger partial charge in [-0.3, -0.25) is 4.79 Å². The summed E-state index contributed by atoms with van der Waals surface area (Å²) in [7, 11) is 0. The zero-order valence-electron chi connectivity index (χ0n) is 11.7. The molecule has 3 N–H and O–H groups in total. The normalized spacial score (nSPS) is 21.9. The molecular formula is C13H20N4O2S. The highest BCUT2D eigenvalue weighted by atomic mass is 32.2. The summed E-state index contributed by atoms with van der Waals surface area (Å²) in [4.78, 5) is 20.3. The van der Waals surface area contributed by atoms with Crippen LogP contribution in [0.15, 0.2) is 11.2 Å². The van der Waals surface area contributed by atoms with Crippen LogP contribution in [0, 0.1) is 19.8 Å². The second-order valence-corrected chi connectivity index (χ2v) is 5.95. The Hall–Kier alpha value is -1.18. The molecule has 6 nitrogen and oxygen atoms in total. The molecule has 110 valence electrons. The molecule has 1 aromatic heterocycles. The molecule has 0 aromatic carbocycles. The van der Waals surface area contributed by atoms with Gasteiger partial charge in [-0.15, -0.1) is 0 Å². The van der Waals surface area contributed by atoms with Crippen molar-refractivity contribution < 1.29 is 9.90 Å². The van der Waals surface area contributed by atoms with Crippen molar-refractivity contribution in [3.8, 4) is 0 Å². The number of nitrogens with one attached hydrogen (secondary N) is 2. The minimum absolute atomic E-state index is 0.0585. The fourth-order valence-electron chi connectivity index (χ4n) is 2.11. The second kappa shape index (κ2) is 7.01. The van der Waals surface area contributed by atoms with Crippen LogP contribution in [0.1, 0.15) is 11.4 Å². The van der Waals surface area contributed by atoms with Crippen molar-refractivity contribution in [1.82, 2.24) is 20.6 Å². The Balaban J connectivity index is 1.74. The third-order valence-electron chi connectivity index (χ3n) is 3.16. The fourth-order valence-corrected chi connectivity index (χ4v) is 2.89. The van der Waals surface area contributed by atoms with Gasteiger partial charge in [0.25, 0.3) is 0 Å². The number of rotatable bonds is 5. The van der Waals surface area contributed by atoms with E-state index in [0.29, 0.717) is 24.0 Å². The van der Waals surface area contributed by atoms with Gasteiger partial charge < -0.3 is 15.7 Å². The molecule has 2 heterocycles. The summed E-state index contributed by atoms with van der Waals surface area (Å²) in [6.07, 6.45) is -0.370. The van der Waals surface area contributed by atoms with Crippen molar-refractivity contribution in [2.75, 3.05) is 25.4 Å². The number of hydrogen-bond donors (Lipinski definition) is 3. The summed E-state index contributed by atoms with van der Waals surface area (Å²) in [6, 6.07) is 1.90. The van der Waals surface area contributed by atoms with Gasteiger partial charge in [-0.1, -0.05) is 11.8 Å². The van der Waals surface area contributed by atoms with Gasteiger partial charge in [-0.2, -0.15) is 0 Å². The van der Waals surface area contributed by atoms with Crippen LogP contribution in [0.4, 0.5) is 0 Å². The van der Waals surface area contributed by atoms with Gasteiger partial charge in [-0.05, 0) is 19.9 Å². The lowest BCUT2D eigenvalue weighted by molar-refractivity contribution is -0.118. The molecule has 20 heavy (non-hydrogen) atoms. The fraction of sp³-hybridized carbons (Fsp3) is 0.615. The van der Waals surface area contributed by atoms with Gasteiger partial charge in [0.1, 0.15) is 0 Å². The van der Waals surface area contributed by atoms with E-state index >= 15 is 0 Å². The highest BCUT2D eigenvalue weighted by Gasteiger charge is 2.24. The highest BCUT2D eigenvalue weighted by Crippen LogP contribution is 2.14. The van der Waals surface area contributed by atoms with Crippen LogP contribution in [0.25, 0.3) is 0 Å². The predicted octanol–water partition coefficient (Wildman–Crippen LogP) is -0.118. The first kappa shape index (κ1) is 15.2. The first-order valence-corrected chi connectivity index (χ1v) is 7.63. The van der Waals surface area contributed by atoms with Crippen molar-refractivity contribution >= 4 is 17.7 Å². The first-order valence-electron chi connectivity index (χ1n) is 6.65. The maximum atomic E-state index is 11.8. The Morgan fingerprint density at radius 1 is 1.45 bits per heavy atom. The van der Waals surface area contributed by atoms with E-state index in [2.05, 4.69) is 20.6 Å². The molecule has 1 saturated heterocycles. The Morgan fingerprint density at radius 2 is 2.15 bits per heavy atom. The smallest absolute Gasteiger partial charge is 0.230 e. The number of aromatic nitrogens is 2. The predicted molar refractivity (Wildman–Crippen MR) is 77.6 cm³/mol. The van der Waals surface area contributed by atoms with Crippen molar-refractivity contribution in [1.29, 1.82) is 0 Å². The summed E-state index contributed by atoms with van der Waals surface area (Å²) < 4.78 is 0. The Labute approximate surface area is 122 Å². The third kappa shape index (κ3) is 4.43. The lowest BCUT2D eigenvalue weighted by Crippen LogP contribution is -2.35. The van der Waals surface area contributed by atoms with Crippen molar-refractivity contribution in [3.05, 3.63) is 17.5 Å². The van der Waals surface area contributed by atoms with Crippen molar-refractivity contribution in [3.63, 3.8) is 0 Å². The number of nitrogens with zero attached hydrogens (tertiary/aromatic N) is 2. The van der Waals surface area contributed by atoms with Crippen LogP contribution < -0.4 is 10.6 Å². The maximum Gasteiger partial charge on any atom is 0.230 e. The summed E-state index contributed by atoms with van der Waals surface area (Å²) in [6.45, 7) is 5.67. The molecule has 2 unspecified atom stereocenters. The molecular weight excluding hydrogens is 276 g/mol. The monoisotopic (exact) mass is 296 g/mol. The molecule has 2 rings (SSSR count). The van der Waals surface area contributed by atoms with E-state index in [-0.39, 0.29) is 17.9 Å². The van der Waals surface area contributed by atoms with E-state index in [9.17, 15) is 9.90 Å². The minimum Gasteiger partial charge on any atom is -0.391 e. The highest BCUT2D eigenvalue weighted by molar-refractivity contribution is 7.99. The molecule has 1 amide bonds. The van der Waals surface area contributed by atoms with Crippen molar-refractivity contribution in [2.45, 2.75) is 25.1 Å². The first-order chi connectivity index (χ1) is 9.54. The lowest BCUT2D eigenvalue weighted by atomic mass is 10.1. The van der Waals surface area contributed by atoms with E-state index in [1.165, 1.54) is 11.8 Å². The van der Waals surface area contributed by atoms with Gasteiger partial charge >= 0.3 is 0 Å². The number of β-amino-alcohol motifs (C(OH)–C–C–N with tert-alkyl or cyclic N) is 1. The summed E-state index contributed by atoms with van der Waals surface area (Å²) in [5, 5.41) is 16.2. The van der Waals surface area contributed by atoms with E-state index < -0.39 is 0 Å². The zero-order valence-corrected chi connectivity index (χ0v) is 12.5. The quantitative estimate of drug-likeness (QED) is 0.519. The van der Waals surface area contributed by atoms with E-state index in [1.807, 2.05) is 19.9 Å². The number of carbonyl (C=O) groups excluding carboxylic acids is 1. The molecule has 1 aromatic rings. The zero-order chi connectivity index (χ0) is 14.5. The Kier molecular flexibility index (Phi) is 5.33. The number of amides is 1. The van der Waals surface area contributed by atoms with Crippen molar-refractivity contribution in [2.24, 2.45) is 5.92 Å². The number of aryl methyl sites for hydroxylation is 2. The number of aliphatic hydroxyl groups is 1. The molecule has 0 radical (unpaired) electrons. The van der Waals surface area contributed by atoms with Gasteiger partial charge in [0.2, 0.25) is 5.91 Å². The number of carbonyl (C=O) groups is 1. The van der Waals surface area contributed by atoms with Gasteiger partial charge in [0, 0.05) is 36.9 Å². The third-order valence-corrected chi connectivity index (χ3v) is 4.01. The van der Waals surface area contributed by atoms with Crippen LogP contribution in [0.3, 0.4) is 0 Å². The standard InChI is InChI=1S/C13H20N4O2S/c1-8-3-9(2)17-13(16-8)20-7-12(19)15-5-10-4-14-6-11(10)18/h3,10-11,14,18H,4-7H2,1-2H3,(H,15,19). The molecule has 2 atom stereocenters. The van der Waals surface area contributed by atoms with Gasteiger partial charge in [0.15, 0.2) is 5.16 Å². The average molecular weight is 296 g/mol. The summed E-state index contributed by atoms with van der Waals surface area (Å²) in [5.74, 6) is 0.331. The SMILES string of the molecule is Cc1cc(C)nc(SCC(=O)NCC2CNCC2O)n1. The van der Waals surface area contributed by atoms with Crippen LogP contribution in [0.5, 0.6) is 0 Å². The van der Waals surface area contributed by atoms with Crippen LogP contribution in [0.2, 0.25) is 0 Å². The summed E-state index contributed by atoms with van der Waals surface area (Å²) >= 11 is 1.33. The molecule has 0 aliphatic carbocycles. The van der Waals surface area contributed by atoms with E-state index in [0.717, 1.165) is 17.9 Å². The molecule has 1 aliphatic rings. The van der Waals surface area contributed by atoms with Gasteiger partial charge in [0.05, 0.1) is 11.9 Å². The average Bonchev–Trinajstić information content (AvgIpc) is 2.78. The maximum absolute atomic E-state index is 11.8. The molecule has 7 heteroatoms. The topological polar surface area (TPSA) is 87.1 Å². The molecule has 1 fully saturated rings. The lowest BCUT2D eigenvalue weighted by Gasteiger charge is -2.13. The Morgan fingerprint density at radius 3 is 2.75 bits per heavy atom. The number of hydrogen-bond acceptors (Lipinski definition) is 6. The molecule has 1 aliphatic heterocycles. The van der Waals surface area contributed by atoms with Crippen LogP contribution in [-0.4, -0.2) is 52.5 Å². The van der Waals surface area contributed by atoms with E-state index in [4.69, 9.17) is 0 Å². The minimum atomic E-state index is -0.370. The molecule has 0 bridgehead atoms. The van der Waals surface area contributed by atoms with E-state index in [1.54, 1.807) is 0 Å². The largest absolute Gasteiger partial charge is 0.391 e. The van der Waals surface area contributed by atoms with Gasteiger partial charge in [-0.25, -0.2) is 9.97 Å². The van der Waals surface area contributed by atoms with Crippen LogP contribution in [-0.2, 0) is 4.79 Å².